The SMILES string of the molecule is N#Cc1ccccc1-c1ccccc1C(=O)OCC(=O)c1ccc2c(c1)OCCCO2. The molecule has 3 aromatic carbocycles. The fraction of sp³-hybridized carbons (Fsp3) is 0.160. The molecule has 0 radical (unpaired) electrons. The van der Waals surface area contributed by atoms with Crippen molar-refractivity contribution >= 4 is 11.8 Å². The number of hydrogen-bond donors (Lipinski definition) is 0. The van der Waals surface area contributed by atoms with E-state index in [9.17, 15) is 14.9 Å². The maximum atomic E-state index is 12.8. The summed E-state index contributed by atoms with van der Waals surface area (Å²) >= 11 is 0. The number of fused-ring (bicyclic) bond motifs is 1. The van der Waals surface area contributed by atoms with Crippen LogP contribution in [0.1, 0.15) is 32.7 Å². The first kappa shape index (κ1) is 20.2. The number of nitriles is 1. The Morgan fingerprint density at radius 3 is 2.42 bits per heavy atom. The molecule has 0 bridgehead atoms. The molecule has 0 amide bonds. The highest BCUT2D eigenvalue weighted by Gasteiger charge is 2.19. The lowest BCUT2D eigenvalue weighted by Gasteiger charge is -2.11. The molecular formula is C25H19NO5. The average molecular weight is 413 g/mol. The van der Waals surface area contributed by atoms with Gasteiger partial charge in [-0.25, -0.2) is 4.79 Å². The van der Waals surface area contributed by atoms with Gasteiger partial charge in [-0.1, -0.05) is 36.4 Å². The molecule has 3 aromatic rings. The summed E-state index contributed by atoms with van der Waals surface area (Å²) in [5.41, 5.74) is 2.32. The number of benzene rings is 3. The summed E-state index contributed by atoms with van der Waals surface area (Å²) in [7, 11) is 0. The average Bonchev–Trinajstić information content (AvgIpc) is 3.07. The maximum Gasteiger partial charge on any atom is 0.339 e. The first-order valence-corrected chi connectivity index (χ1v) is 9.86. The summed E-state index contributed by atoms with van der Waals surface area (Å²) in [6.07, 6.45) is 0.768. The van der Waals surface area contributed by atoms with Gasteiger partial charge in [-0.2, -0.15) is 5.26 Å². The predicted molar refractivity (Wildman–Crippen MR) is 113 cm³/mol. The molecule has 4 rings (SSSR count). The van der Waals surface area contributed by atoms with E-state index in [0.717, 1.165) is 6.42 Å². The number of nitrogens with zero attached hydrogens (tertiary/aromatic N) is 1. The first-order chi connectivity index (χ1) is 15.2. The minimum absolute atomic E-state index is 0.289. The van der Waals surface area contributed by atoms with Crippen LogP contribution < -0.4 is 9.47 Å². The van der Waals surface area contributed by atoms with E-state index in [-0.39, 0.29) is 11.3 Å². The number of ketones is 1. The van der Waals surface area contributed by atoms with Crippen LogP contribution in [0.2, 0.25) is 0 Å². The van der Waals surface area contributed by atoms with Crippen molar-refractivity contribution in [1.29, 1.82) is 5.26 Å². The summed E-state index contributed by atoms with van der Waals surface area (Å²) in [6, 6.07) is 20.9. The summed E-state index contributed by atoms with van der Waals surface area (Å²) in [6.45, 7) is 0.666. The maximum absolute atomic E-state index is 12.8. The summed E-state index contributed by atoms with van der Waals surface area (Å²) < 4.78 is 16.5. The summed E-state index contributed by atoms with van der Waals surface area (Å²) in [5.74, 6) is 0.120. The van der Waals surface area contributed by atoms with Gasteiger partial charge in [0.05, 0.1) is 30.4 Å². The molecule has 0 atom stereocenters. The van der Waals surface area contributed by atoms with Crippen LogP contribution in [0.3, 0.4) is 0 Å². The van der Waals surface area contributed by atoms with Crippen LogP contribution in [0.5, 0.6) is 11.5 Å². The molecule has 6 nitrogen and oxygen atoms in total. The smallest absolute Gasteiger partial charge is 0.339 e. The Labute approximate surface area is 179 Å². The van der Waals surface area contributed by atoms with E-state index in [4.69, 9.17) is 14.2 Å². The van der Waals surface area contributed by atoms with Crippen molar-refractivity contribution < 1.29 is 23.8 Å². The molecule has 1 aliphatic heterocycles. The Bertz CT molecular complexity index is 1180. The minimum atomic E-state index is -0.633. The van der Waals surface area contributed by atoms with Gasteiger partial charge in [0.1, 0.15) is 0 Å². The topological polar surface area (TPSA) is 85.6 Å². The van der Waals surface area contributed by atoms with Gasteiger partial charge in [-0.3, -0.25) is 4.79 Å². The van der Waals surface area contributed by atoms with Crippen molar-refractivity contribution in [1.82, 2.24) is 0 Å². The third-order valence-electron chi connectivity index (χ3n) is 4.89. The largest absolute Gasteiger partial charge is 0.490 e. The third kappa shape index (κ3) is 4.41. The van der Waals surface area contributed by atoms with Crippen LogP contribution in [0.15, 0.2) is 66.7 Å². The second-order valence-corrected chi connectivity index (χ2v) is 6.91. The number of carbonyl (C=O) groups excluding carboxylic acids is 2. The Morgan fingerprint density at radius 2 is 1.61 bits per heavy atom. The van der Waals surface area contributed by atoms with E-state index in [0.29, 0.717) is 47.0 Å². The molecule has 1 aliphatic rings. The second kappa shape index (κ2) is 9.14. The highest BCUT2D eigenvalue weighted by atomic mass is 16.5. The van der Waals surface area contributed by atoms with Crippen LogP contribution in [-0.2, 0) is 4.74 Å². The highest BCUT2D eigenvalue weighted by molar-refractivity contribution is 6.02. The van der Waals surface area contributed by atoms with Crippen LogP contribution in [0.4, 0.5) is 0 Å². The van der Waals surface area contributed by atoms with Crippen LogP contribution in [0.25, 0.3) is 11.1 Å². The number of ether oxygens (including phenoxy) is 3. The Hall–Kier alpha value is -4.11. The first-order valence-electron chi connectivity index (χ1n) is 9.86. The highest BCUT2D eigenvalue weighted by Crippen LogP contribution is 2.31. The van der Waals surface area contributed by atoms with E-state index in [1.165, 1.54) is 0 Å². The summed E-state index contributed by atoms with van der Waals surface area (Å²) in [4.78, 5) is 25.3. The molecule has 31 heavy (non-hydrogen) atoms. The van der Waals surface area contributed by atoms with Crippen molar-refractivity contribution in [3.63, 3.8) is 0 Å². The van der Waals surface area contributed by atoms with Crippen molar-refractivity contribution in [2.75, 3.05) is 19.8 Å². The number of rotatable bonds is 5. The molecule has 0 fully saturated rings. The lowest BCUT2D eigenvalue weighted by Crippen LogP contribution is -2.15. The lowest BCUT2D eigenvalue weighted by atomic mass is 9.96. The van der Waals surface area contributed by atoms with Crippen molar-refractivity contribution in [2.45, 2.75) is 6.42 Å². The molecule has 0 N–H and O–H groups in total. The number of Topliss-reactive ketones (excluding diaryl/α,β-unsaturated/α-hetero) is 1. The van der Waals surface area contributed by atoms with E-state index in [2.05, 4.69) is 6.07 Å². The molecule has 0 saturated heterocycles. The van der Waals surface area contributed by atoms with Gasteiger partial charge in [0.25, 0.3) is 0 Å². The standard InChI is InChI=1S/C25H19NO5/c26-15-18-6-1-2-7-19(18)20-8-3-4-9-21(20)25(28)31-16-22(27)17-10-11-23-24(14-17)30-13-5-12-29-23/h1-4,6-11,14H,5,12-13,16H2. The molecule has 154 valence electrons. The zero-order valence-electron chi connectivity index (χ0n) is 16.7. The molecule has 1 heterocycles. The molecule has 6 heteroatoms. The molecular weight excluding hydrogens is 394 g/mol. The van der Waals surface area contributed by atoms with Crippen LogP contribution in [0, 0.1) is 11.3 Å². The van der Waals surface area contributed by atoms with E-state index in [1.807, 2.05) is 0 Å². The normalized spacial score (nSPS) is 12.4. The van der Waals surface area contributed by atoms with Gasteiger partial charge >= 0.3 is 5.97 Å². The Balaban J connectivity index is 1.51. The fourth-order valence-electron chi connectivity index (χ4n) is 3.34. The number of carbonyl (C=O) groups is 2. The lowest BCUT2D eigenvalue weighted by molar-refractivity contribution is 0.0475. The van der Waals surface area contributed by atoms with Gasteiger partial charge in [0.15, 0.2) is 23.9 Å². The minimum Gasteiger partial charge on any atom is -0.490 e. The van der Waals surface area contributed by atoms with Crippen LogP contribution in [-0.4, -0.2) is 31.6 Å². The van der Waals surface area contributed by atoms with Crippen molar-refractivity contribution in [3.8, 4) is 28.7 Å². The zero-order chi connectivity index (χ0) is 21.6. The van der Waals surface area contributed by atoms with E-state index < -0.39 is 12.6 Å². The van der Waals surface area contributed by atoms with Gasteiger partial charge in [0, 0.05) is 17.5 Å². The Morgan fingerprint density at radius 1 is 0.903 bits per heavy atom. The van der Waals surface area contributed by atoms with Gasteiger partial charge in [0.2, 0.25) is 0 Å². The van der Waals surface area contributed by atoms with E-state index in [1.54, 1.807) is 66.7 Å². The Kier molecular flexibility index (Phi) is 5.95. The fourth-order valence-corrected chi connectivity index (χ4v) is 3.34. The molecule has 0 aliphatic carbocycles. The third-order valence-corrected chi connectivity index (χ3v) is 4.89. The zero-order valence-corrected chi connectivity index (χ0v) is 16.7. The van der Waals surface area contributed by atoms with Crippen LogP contribution >= 0.6 is 0 Å². The predicted octanol–water partition coefficient (Wildman–Crippen LogP) is 4.43. The molecule has 0 aromatic heterocycles. The monoisotopic (exact) mass is 413 g/mol. The van der Waals surface area contributed by atoms with Gasteiger partial charge < -0.3 is 14.2 Å². The van der Waals surface area contributed by atoms with Crippen molar-refractivity contribution in [3.05, 3.63) is 83.4 Å². The molecule has 0 unspecified atom stereocenters. The van der Waals surface area contributed by atoms with Crippen molar-refractivity contribution in [2.24, 2.45) is 0 Å². The van der Waals surface area contributed by atoms with Gasteiger partial charge in [-0.15, -0.1) is 0 Å². The quantitative estimate of drug-likeness (QED) is 0.454. The second-order valence-electron chi connectivity index (χ2n) is 6.91. The van der Waals surface area contributed by atoms with E-state index >= 15 is 0 Å². The van der Waals surface area contributed by atoms with Gasteiger partial charge in [-0.05, 0) is 35.9 Å². The molecule has 0 spiro atoms. The summed E-state index contributed by atoms with van der Waals surface area (Å²) in [5, 5.41) is 9.38. The number of esters is 1. The molecule has 0 saturated carbocycles. The number of hydrogen-bond acceptors (Lipinski definition) is 6.